The van der Waals surface area contributed by atoms with Crippen LogP contribution < -0.4 is 0 Å². The molecule has 3 atom stereocenters. The third kappa shape index (κ3) is 6.59. The number of carboxylic acids is 1. The molecular formula is C13H21F3O3. The highest BCUT2D eigenvalue weighted by Crippen LogP contribution is 2.39. The molecule has 19 heavy (non-hydrogen) atoms. The fourth-order valence-electron chi connectivity index (χ4n) is 2.53. The van der Waals surface area contributed by atoms with Gasteiger partial charge in [-0.25, -0.2) is 13.2 Å². The van der Waals surface area contributed by atoms with Gasteiger partial charge in [0.1, 0.15) is 12.2 Å². The summed E-state index contributed by atoms with van der Waals surface area (Å²) in [7, 11) is 0. The number of carbonyl (C=O) groups excluding carboxylic acids is 1. The van der Waals surface area contributed by atoms with Crippen LogP contribution in [0.3, 0.4) is 0 Å². The number of carbonyl (C=O) groups is 2. The Morgan fingerprint density at radius 2 is 1.26 bits per heavy atom. The smallest absolute Gasteiger partial charge is 0.310 e. The molecule has 1 N–H and O–H groups in total. The standard InChI is InChI=1S/C13H21F3O3/c1-8(14)5-13(6-9(2)15,7-10(3)16)11(17)4-12(18)19/h8-10H,4-7H2,1-3H3,(H,18,19). The van der Waals surface area contributed by atoms with E-state index in [4.69, 9.17) is 5.11 Å². The minimum atomic E-state index is -1.59. The zero-order chi connectivity index (χ0) is 15.2. The van der Waals surface area contributed by atoms with Crippen molar-refractivity contribution in [3.8, 4) is 0 Å². The molecule has 0 spiro atoms. The number of halogens is 3. The number of aliphatic carboxylic acids is 1. The van der Waals surface area contributed by atoms with Crippen molar-refractivity contribution < 1.29 is 27.9 Å². The Hall–Kier alpha value is -1.07. The summed E-state index contributed by atoms with van der Waals surface area (Å²) >= 11 is 0. The summed E-state index contributed by atoms with van der Waals surface area (Å²) in [5.74, 6) is -2.18. The van der Waals surface area contributed by atoms with Crippen LogP contribution in [0.4, 0.5) is 13.2 Å². The zero-order valence-electron chi connectivity index (χ0n) is 11.5. The number of rotatable bonds is 9. The lowest BCUT2D eigenvalue weighted by Gasteiger charge is -2.34. The normalized spacial score (nSPS) is 19.3. The first-order chi connectivity index (χ1) is 8.59. The Kier molecular flexibility index (Phi) is 7.08. The van der Waals surface area contributed by atoms with Crippen molar-refractivity contribution >= 4 is 11.8 Å². The van der Waals surface area contributed by atoms with Gasteiger partial charge in [-0.2, -0.15) is 0 Å². The highest BCUT2D eigenvalue weighted by molar-refractivity contribution is 5.98. The lowest BCUT2D eigenvalue weighted by molar-refractivity contribution is -0.145. The van der Waals surface area contributed by atoms with Gasteiger partial charge >= 0.3 is 5.97 Å². The van der Waals surface area contributed by atoms with Crippen LogP contribution in [0.15, 0.2) is 0 Å². The predicted octanol–water partition coefficient (Wildman–Crippen LogP) is 3.26. The van der Waals surface area contributed by atoms with Gasteiger partial charge in [-0.05, 0) is 40.0 Å². The molecule has 0 aromatic rings. The monoisotopic (exact) mass is 282 g/mol. The number of hydrogen-bond donors (Lipinski definition) is 1. The largest absolute Gasteiger partial charge is 0.481 e. The zero-order valence-corrected chi connectivity index (χ0v) is 11.5. The Morgan fingerprint density at radius 1 is 0.947 bits per heavy atom. The van der Waals surface area contributed by atoms with Crippen molar-refractivity contribution in [1.82, 2.24) is 0 Å². The van der Waals surface area contributed by atoms with Crippen molar-refractivity contribution in [2.75, 3.05) is 0 Å². The molecule has 0 radical (unpaired) electrons. The number of Topliss-reactive ketones (excluding diaryl/α,β-unsaturated/α-hetero) is 1. The van der Waals surface area contributed by atoms with E-state index < -0.39 is 42.1 Å². The van der Waals surface area contributed by atoms with Gasteiger partial charge in [-0.15, -0.1) is 0 Å². The summed E-state index contributed by atoms with van der Waals surface area (Å²) in [6.45, 7) is 3.57. The van der Waals surface area contributed by atoms with Gasteiger partial charge in [0.25, 0.3) is 0 Å². The molecular weight excluding hydrogens is 261 g/mol. The molecule has 0 aromatic heterocycles. The molecule has 0 aliphatic carbocycles. The van der Waals surface area contributed by atoms with Gasteiger partial charge in [0, 0.05) is 5.41 Å². The van der Waals surface area contributed by atoms with Gasteiger partial charge in [-0.1, -0.05) is 0 Å². The summed E-state index contributed by atoms with van der Waals surface area (Å²) in [6.07, 6.45) is -6.22. The highest BCUT2D eigenvalue weighted by Gasteiger charge is 2.42. The van der Waals surface area contributed by atoms with Gasteiger partial charge in [0.05, 0.1) is 18.5 Å². The van der Waals surface area contributed by atoms with Gasteiger partial charge in [0.2, 0.25) is 0 Å². The maximum absolute atomic E-state index is 13.3. The second-order valence-corrected chi connectivity index (χ2v) is 5.23. The van der Waals surface area contributed by atoms with E-state index >= 15 is 0 Å². The van der Waals surface area contributed by atoms with E-state index in [0.29, 0.717) is 0 Å². The van der Waals surface area contributed by atoms with Crippen LogP contribution in [-0.2, 0) is 9.59 Å². The molecule has 0 bridgehead atoms. The van der Waals surface area contributed by atoms with Crippen molar-refractivity contribution in [2.45, 2.75) is 65.0 Å². The molecule has 112 valence electrons. The second-order valence-electron chi connectivity index (χ2n) is 5.23. The third-order valence-corrected chi connectivity index (χ3v) is 2.92. The molecule has 3 unspecified atom stereocenters. The van der Waals surface area contributed by atoms with Gasteiger partial charge < -0.3 is 5.11 Å². The Balaban J connectivity index is 5.31. The maximum Gasteiger partial charge on any atom is 0.310 e. The first kappa shape index (κ1) is 17.9. The Bertz CT molecular complexity index is 288. The summed E-state index contributed by atoms with van der Waals surface area (Å²) in [6, 6.07) is 0. The van der Waals surface area contributed by atoms with Crippen LogP contribution in [-0.4, -0.2) is 35.4 Å². The summed E-state index contributed by atoms with van der Waals surface area (Å²) in [5.41, 5.74) is -1.59. The minimum Gasteiger partial charge on any atom is -0.481 e. The third-order valence-electron chi connectivity index (χ3n) is 2.92. The molecule has 0 rings (SSSR count). The molecule has 0 aromatic carbocycles. The number of alkyl halides is 3. The highest BCUT2D eigenvalue weighted by atomic mass is 19.1. The lowest BCUT2D eigenvalue weighted by atomic mass is 9.70. The minimum absolute atomic E-state index is 0.359. The molecule has 0 aliphatic heterocycles. The maximum atomic E-state index is 13.3. The van der Waals surface area contributed by atoms with Crippen molar-refractivity contribution in [1.29, 1.82) is 0 Å². The molecule has 6 heteroatoms. The Morgan fingerprint density at radius 3 is 1.47 bits per heavy atom. The molecule has 0 fully saturated rings. The van der Waals surface area contributed by atoms with Crippen LogP contribution >= 0.6 is 0 Å². The SMILES string of the molecule is CC(F)CC(CC(C)F)(CC(C)F)C(=O)CC(=O)O. The first-order valence-electron chi connectivity index (χ1n) is 6.26. The molecule has 0 heterocycles. The first-order valence-corrected chi connectivity index (χ1v) is 6.26. The second kappa shape index (κ2) is 7.50. The van der Waals surface area contributed by atoms with E-state index in [1.165, 1.54) is 20.8 Å². The van der Waals surface area contributed by atoms with E-state index in [-0.39, 0.29) is 19.3 Å². The predicted molar refractivity (Wildman–Crippen MR) is 65.3 cm³/mol. The Labute approximate surface area is 111 Å². The topological polar surface area (TPSA) is 54.4 Å². The summed E-state index contributed by atoms with van der Waals surface area (Å²) in [4.78, 5) is 22.6. The number of carboxylic acid groups (broad SMARTS) is 1. The fraction of sp³-hybridized carbons (Fsp3) is 0.846. The molecule has 0 aliphatic rings. The molecule has 3 nitrogen and oxygen atoms in total. The van der Waals surface area contributed by atoms with E-state index in [2.05, 4.69) is 0 Å². The van der Waals surface area contributed by atoms with Gasteiger partial charge in [0.15, 0.2) is 0 Å². The van der Waals surface area contributed by atoms with Crippen LogP contribution in [0, 0.1) is 5.41 Å². The van der Waals surface area contributed by atoms with Crippen molar-refractivity contribution in [3.63, 3.8) is 0 Å². The average molecular weight is 282 g/mol. The van der Waals surface area contributed by atoms with E-state index in [9.17, 15) is 22.8 Å². The van der Waals surface area contributed by atoms with E-state index in [1.54, 1.807) is 0 Å². The molecule has 0 saturated carbocycles. The summed E-state index contributed by atoms with van der Waals surface area (Å²) in [5, 5.41) is 8.65. The average Bonchev–Trinajstić information content (AvgIpc) is 2.12. The van der Waals surface area contributed by atoms with Crippen molar-refractivity contribution in [3.05, 3.63) is 0 Å². The fourth-order valence-corrected chi connectivity index (χ4v) is 2.53. The van der Waals surface area contributed by atoms with Crippen LogP contribution in [0.1, 0.15) is 46.5 Å². The van der Waals surface area contributed by atoms with Crippen LogP contribution in [0.5, 0.6) is 0 Å². The quantitative estimate of drug-likeness (QED) is 0.660. The summed E-state index contributed by atoms with van der Waals surface area (Å²) < 4.78 is 39.8. The number of ketones is 1. The number of hydrogen-bond acceptors (Lipinski definition) is 2. The van der Waals surface area contributed by atoms with Crippen molar-refractivity contribution in [2.24, 2.45) is 5.41 Å². The van der Waals surface area contributed by atoms with Gasteiger partial charge in [-0.3, -0.25) is 9.59 Å². The lowest BCUT2D eigenvalue weighted by Crippen LogP contribution is -2.39. The molecule has 0 amide bonds. The van der Waals surface area contributed by atoms with Crippen LogP contribution in [0.25, 0.3) is 0 Å². The van der Waals surface area contributed by atoms with E-state index in [0.717, 1.165) is 0 Å². The molecule has 0 saturated heterocycles. The van der Waals surface area contributed by atoms with Crippen LogP contribution in [0.2, 0.25) is 0 Å². The van der Waals surface area contributed by atoms with E-state index in [1.807, 2.05) is 0 Å².